The number of carbonyl (C=O) groups is 2. The molecule has 4 aromatic rings. The first-order valence-corrected chi connectivity index (χ1v) is 13.4. The van der Waals surface area contributed by atoms with Crippen LogP contribution in [0.5, 0.6) is 5.75 Å². The predicted octanol–water partition coefficient (Wildman–Crippen LogP) is 4.51. The van der Waals surface area contributed by atoms with Gasteiger partial charge in [0.1, 0.15) is 16.6 Å². The second-order valence-corrected chi connectivity index (χ2v) is 10.5. The smallest absolute Gasteiger partial charge is 0.339 e. The van der Waals surface area contributed by atoms with Crippen molar-refractivity contribution in [2.75, 3.05) is 9.96 Å². The van der Waals surface area contributed by atoms with Crippen LogP contribution in [0.1, 0.15) is 11.6 Å². The molecule has 0 bridgehead atoms. The van der Waals surface area contributed by atoms with Gasteiger partial charge >= 0.3 is 10.1 Å². The molecule has 2 saturated heterocycles. The summed E-state index contributed by atoms with van der Waals surface area (Å²) in [5.41, 5.74) is 1.84. The number of nitrogens with zero attached hydrogens (tertiary/aromatic N) is 2. The number of hydroxylamine groups is 1. The number of imide groups is 1. The Morgan fingerprint density at radius 2 is 1.21 bits per heavy atom. The van der Waals surface area contributed by atoms with Crippen molar-refractivity contribution in [3.63, 3.8) is 0 Å². The van der Waals surface area contributed by atoms with E-state index in [1.807, 2.05) is 36.4 Å². The van der Waals surface area contributed by atoms with E-state index in [0.29, 0.717) is 16.9 Å². The van der Waals surface area contributed by atoms with Crippen LogP contribution in [-0.2, 0) is 24.5 Å². The maximum atomic E-state index is 13.7. The van der Waals surface area contributed by atoms with Gasteiger partial charge in [-0.05, 0) is 54.1 Å². The molecule has 0 saturated carbocycles. The summed E-state index contributed by atoms with van der Waals surface area (Å²) >= 11 is 0. The Morgan fingerprint density at radius 3 is 1.82 bits per heavy atom. The lowest BCUT2D eigenvalue weighted by atomic mass is 9.90. The average molecular weight is 527 g/mol. The summed E-state index contributed by atoms with van der Waals surface area (Å²) in [4.78, 5) is 34.4. The average Bonchev–Trinajstić information content (AvgIpc) is 3.46. The van der Waals surface area contributed by atoms with Gasteiger partial charge in [0.25, 0.3) is 5.91 Å². The Labute approximate surface area is 219 Å². The van der Waals surface area contributed by atoms with Crippen LogP contribution in [0.25, 0.3) is 0 Å². The Balaban J connectivity index is 1.34. The van der Waals surface area contributed by atoms with Gasteiger partial charge in [0.2, 0.25) is 5.91 Å². The van der Waals surface area contributed by atoms with Crippen molar-refractivity contribution in [2.45, 2.75) is 17.0 Å². The third-order valence-electron chi connectivity index (χ3n) is 6.60. The molecular formula is C29H22N2O6S. The van der Waals surface area contributed by atoms with E-state index in [-0.39, 0.29) is 16.6 Å². The molecule has 0 radical (unpaired) electrons. The highest BCUT2D eigenvalue weighted by atomic mass is 32.2. The summed E-state index contributed by atoms with van der Waals surface area (Å²) in [7, 11) is -4.01. The minimum atomic E-state index is -4.01. The van der Waals surface area contributed by atoms with Crippen LogP contribution in [0.3, 0.4) is 0 Å². The Kier molecular flexibility index (Phi) is 5.94. The summed E-state index contributed by atoms with van der Waals surface area (Å²) in [6, 6.07) is 31.6. The van der Waals surface area contributed by atoms with Gasteiger partial charge in [-0.15, -0.1) is 0 Å². The van der Waals surface area contributed by atoms with Gasteiger partial charge in [-0.3, -0.25) is 14.4 Å². The maximum Gasteiger partial charge on any atom is 0.339 e. The number of hydrogen-bond donors (Lipinski definition) is 0. The van der Waals surface area contributed by atoms with E-state index >= 15 is 0 Å². The number of amides is 2. The second-order valence-electron chi connectivity index (χ2n) is 8.92. The maximum absolute atomic E-state index is 13.7. The van der Waals surface area contributed by atoms with E-state index in [4.69, 9.17) is 9.02 Å². The molecule has 2 aliphatic heterocycles. The zero-order valence-corrected chi connectivity index (χ0v) is 20.8. The normalized spacial score (nSPS) is 21.0. The van der Waals surface area contributed by atoms with Crippen LogP contribution in [0, 0.1) is 5.92 Å². The van der Waals surface area contributed by atoms with Crippen molar-refractivity contribution >= 4 is 33.3 Å². The molecule has 2 heterocycles. The molecule has 0 unspecified atom stereocenters. The number of anilines is 2. The topological polar surface area (TPSA) is 93.2 Å². The molecule has 6 rings (SSSR count). The van der Waals surface area contributed by atoms with Crippen LogP contribution in [0.15, 0.2) is 120 Å². The molecule has 8 nitrogen and oxygen atoms in total. The monoisotopic (exact) mass is 526 g/mol. The van der Waals surface area contributed by atoms with Crippen molar-refractivity contribution in [1.29, 1.82) is 0 Å². The molecule has 3 atom stereocenters. The van der Waals surface area contributed by atoms with Crippen molar-refractivity contribution < 1.29 is 27.0 Å². The zero-order valence-electron chi connectivity index (χ0n) is 20.0. The first kappa shape index (κ1) is 23.9. The molecule has 2 aliphatic rings. The first-order chi connectivity index (χ1) is 18.4. The van der Waals surface area contributed by atoms with Gasteiger partial charge in [-0.25, -0.2) is 9.96 Å². The van der Waals surface area contributed by atoms with E-state index in [1.54, 1.807) is 59.7 Å². The standard InChI is InChI=1S/C29H22N2O6S/c32-28-25-26(20-16-18-23(19-17-20)37-38(34,35)24-14-8-3-9-15-24)31(22-12-6-2-7-13-22)36-27(25)29(33)30(28)21-10-4-1-5-11-21/h1-19,25-27H/t25-,26+,27+/m1/s1. The molecular weight excluding hydrogens is 504 g/mol. The lowest BCUT2D eigenvalue weighted by molar-refractivity contribution is -0.126. The molecule has 0 aromatic heterocycles. The van der Waals surface area contributed by atoms with E-state index in [9.17, 15) is 18.0 Å². The molecule has 190 valence electrons. The van der Waals surface area contributed by atoms with Crippen molar-refractivity contribution in [3.05, 3.63) is 121 Å². The second kappa shape index (κ2) is 9.44. The fourth-order valence-corrected chi connectivity index (χ4v) is 5.82. The van der Waals surface area contributed by atoms with E-state index < -0.39 is 34.1 Å². The summed E-state index contributed by atoms with van der Waals surface area (Å²) < 4.78 is 30.6. The fourth-order valence-electron chi connectivity index (χ4n) is 4.87. The van der Waals surface area contributed by atoms with Crippen LogP contribution >= 0.6 is 0 Å². The van der Waals surface area contributed by atoms with Crippen molar-refractivity contribution in [2.24, 2.45) is 5.92 Å². The number of carbonyl (C=O) groups excluding carboxylic acids is 2. The fraction of sp³-hybridized carbons (Fsp3) is 0.103. The van der Waals surface area contributed by atoms with E-state index in [1.165, 1.54) is 29.2 Å². The molecule has 0 spiro atoms. The van der Waals surface area contributed by atoms with E-state index in [0.717, 1.165) is 0 Å². The Morgan fingerprint density at radius 1 is 0.658 bits per heavy atom. The van der Waals surface area contributed by atoms with Crippen molar-refractivity contribution in [3.8, 4) is 5.75 Å². The van der Waals surface area contributed by atoms with Crippen LogP contribution in [-0.4, -0.2) is 26.3 Å². The summed E-state index contributed by atoms with van der Waals surface area (Å²) in [6.07, 6.45) is -0.998. The molecule has 38 heavy (non-hydrogen) atoms. The highest BCUT2D eigenvalue weighted by molar-refractivity contribution is 7.87. The van der Waals surface area contributed by atoms with Gasteiger partial charge in [0.05, 0.1) is 17.4 Å². The minimum Gasteiger partial charge on any atom is -0.379 e. The molecule has 9 heteroatoms. The minimum absolute atomic E-state index is 0.0439. The highest BCUT2D eigenvalue weighted by Gasteiger charge is 2.60. The number of hydrogen-bond acceptors (Lipinski definition) is 7. The Hall–Kier alpha value is -4.47. The SMILES string of the molecule is O=C1[C@H]2[C@H](ON(c3ccccc3)[C@H]2c2ccc(OS(=O)(=O)c3ccccc3)cc2)C(=O)N1c1ccccc1. The molecule has 2 fully saturated rings. The third-order valence-corrected chi connectivity index (χ3v) is 7.86. The summed E-state index contributed by atoms with van der Waals surface area (Å²) in [5, 5.41) is 1.59. The lowest BCUT2D eigenvalue weighted by Gasteiger charge is -2.28. The number of fused-ring (bicyclic) bond motifs is 1. The molecule has 4 aromatic carbocycles. The summed E-state index contributed by atoms with van der Waals surface area (Å²) in [5.74, 6) is -1.47. The summed E-state index contributed by atoms with van der Waals surface area (Å²) in [6.45, 7) is 0. The van der Waals surface area contributed by atoms with Crippen LogP contribution in [0.4, 0.5) is 11.4 Å². The highest BCUT2D eigenvalue weighted by Crippen LogP contribution is 2.47. The molecule has 0 aliphatic carbocycles. The van der Waals surface area contributed by atoms with Gasteiger partial charge < -0.3 is 4.18 Å². The van der Waals surface area contributed by atoms with Gasteiger partial charge in [0.15, 0.2) is 6.10 Å². The third kappa shape index (κ3) is 4.11. The zero-order chi connectivity index (χ0) is 26.3. The number of rotatable bonds is 6. The molecule has 2 amide bonds. The van der Waals surface area contributed by atoms with Gasteiger partial charge in [-0.2, -0.15) is 8.42 Å². The number of para-hydroxylation sites is 2. The van der Waals surface area contributed by atoms with Gasteiger partial charge in [-0.1, -0.05) is 66.7 Å². The lowest BCUT2D eigenvalue weighted by Crippen LogP contribution is -2.37. The van der Waals surface area contributed by atoms with E-state index in [2.05, 4.69) is 0 Å². The Bertz CT molecular complexity index is 1580. The largest absolute Gasteiger partial charge is 0.379 e. The predicted molar refractivity (Wildman–Crippen MR) is 140 cm³/mol. The first-order valence-electron chi connectivity index (χ1n) is 12.0. The van der Waals surface area contributed by atoms with Crippen LogP contribution < -0.4 is 14.1 Å². The molecule has 0 N–H and O–H groups in total. The quantitative estimate of drug-likeness (QED) is 0.270. The van der Waals surface area contributed by atoms with Crippen LogP contribution in [0.2, 0.25) is 0 Å². The number of benzene rings is 4. The van der Waals surface area contributed by atoms with Crippen molar-refractivity contribution in [1.82, 2.24) is 0 Å². The van der Waals surface area contributed by atoms with Gasteiger partial charge in [0, 0.05) is 0 Å².